The lowest BCUT2D eigenvalue weighted by Crippen LogP contribution is -2.53. The molecule has 0 N–H and O–H groups in total. The fraction of sp³-hybridized carbons (Fsp3) is 0.409. The molecular formula is C22H25ClN4O2. The van der Waals surface area contributed by atoms with Crippen molar-refractivity contribution in [2.24, 2.45) is 5.92 Å². The predicted octanol–water partition coefficient (Wildman–Crippen LogP) is 2.94. The topological polar surface area (TPSA) is 56.8 Å². The lowest BCUT2D eigenvalue weighted by Gasteiger charge is -2.39. The standard InChI is InChI=1S/C22H25ClN4O2/c23-19-8-6-17(7-9-19)21(28)27-11-3-4-18(16-27)22(29)26-14-12-25(13-15-26)20-5-1-2-10-24-20/h1-2,5-10,18H,3-4,11-16H2. The minimum absolute atomic E-state index is 0.0286. The van der Waals surface area contributed by atoms with Crippen LogP contribution in [-0.2, 0) is 4.79 Å². The van der Waals surface area contributed by atoms with Crippen molar-refractivity contribution in [3.8, 4) is 0 Å². The van der Waals surface area contributed by atoms with Crippen LogP contribution in [0, 0.1) is 5.92 Å². The van der Waals surface area contributed by atoms with E-state index in [2.05, 4.69) is 9.88 Å². The van der Waals surface area contributed by atoms with Crippen LogP contribution < -0.4 is 4.90 Å². The molecule has 2 aliphatic heterocycles. The van der Waals surface area contributed by atoms with Gasteiger partial charge in [-0.25, -0.2) is 4.98 Å². The normalized spacial score (nSPS) is 19.9. The van der Waals surface area contributed by atoms with Crippen molar-refractivity contribution < 1.29 is 9.59 Å². The number of piperidine rings is 1. The van der Waals surface area contributed by atoms with E-state index in [4.69, 9.17) is 11.6 Å². The molecule has 2 fully saturated rings. The molecule has 2 amide bonds. The molecule has 7 heteroatoms. The molecule has 1 aromatic heterocycles. The van der Waals surface area contributed by atoms with Crippen molar-refractivity contribution >= 4 is 29.2 Å². The second kappa shape index (κ2) is 8.82. The van der Waals surface area contributed by atoms with Crippen molar-refractivity contribution in [2.75, 3.05) is 44.2 Å². The smallest absolute Gasteiger partial charge is 0.253 e. The summed E-state index contributed by atoms with van der Waals surface area (Å²) in [6.45, 7) is 4.12. The summed E-state index contributed by atoms with van der Waals surface area (Å²) in [7, 11) is 0. The van der Waals surface area contributed by atoms with Crippen LogP contribution in [0.25, 0.3) is 0 Å². The molecule has 29 heavy (non-hydrogen) atoms. The highest BCUT2D eigenvalue weighted by molar-refractivity contribution is 6.30. The van der Waals surface area contributed by atoms with Crippen molar-refractivity contribution in [3.05, 3.63) is 59.2 Å². The number of anilines is 1. The van der Waals surface area contributed by atoms with Gasteiger partial charge in [0.05, 0.1) is 5.92 Å². The van der Waals surface area contributed by atoms with Gasteiger partial charge in [-0.05, 0) is 49.2 Å². The third-order valence-corrected chi connectivity index (χ3v) is 5.97. The van der Waals surface area contributed by atoms with Crippen LogP contribution in [-0.4, -0.2) is 65.9 Å². The van der Waals surface area contributed by atoms with Gasteiger partial charge in [0.2, 0.25) is 5.91 Å². The summed E-state index contributed by atoms with van der Waals surface area (Å²) in [6, 6.07) is 12.8. The summed E-state index contributed by atoms with van der Waals surface area (Å²) in [5, 5.41) is 0.609. The average molecular weight is 413 g/mol. The molecule has 1 unspecified atom stereocenters. The quantitative estimate of drug-likeness (QED) is 0.777. The Hall–Kier alpha value is -2.60. The number of hydrogen-bond acceptors (Lipinski definition) is 4. The van der Waals surface area contributed by atoms with Crippen LogP contribution in [0.3, 0.4) is 0 Å². The zero-order valence-corrected chi connectivity index (χ0v) is 17.1. The summed E-state index contributed by atoms with van der Waals surface area (Å²) in [4.78, 5) is 36.2. The lowest BCUT2D eigenvalue weighted by atomic mass is 9.95. The SMILES string of the molecule is O=C(c1ccc(Cl)cc1)N1CCCC(C(=O)N2CCN(c3ccccn3)CC2)C1. The molecule has 4 rings (SSSR count). The number of aromatic nitrogens is 1. The molecule has 1 atom stereocenters. The Labute approximate surface area is 176 Å². The molecule has 0 saturated carbocycles. The Bertz CT molecular complexity index is 851. The number of likely N-dealkylation sites (tertiary alicyclic amines) is 1. The van der Waals surface area contributed by atoms with Gasteiger partial charge in [-0.1, -0.05) is 17.7 Å². The zero-order chi connectivity index (χ0) is 20.2. The van der Waals surface area contributed by atoms with Gasteiger partial charge in [-0.3, -0.25) is 9.59 Å². The van der Waals surface area contributed by atoms with Gasteiger partial charge < -0.3 is 14.7 Å². The fourth-order valence-electron chi connectivity index (χ4n) is 4.09. The number of amides is 2. The number of hydrogen-bond donors (Lipinski definition) is 0. The lowest BCUT2D eigenvalue weighted by molar-refractivity contribution is -0.137. The molecule has 1 aromatic carbocycles. The van der Waals surface area contributed by atoms with Gasteiger partial charge in [0.1, 0.15) is 5.82 Å². The Balaban J connectivity index is 1.34. The Kier molecular flexibility index (Phi) is 6.00. The summed E-state index contributed by atoms with van der Waals surface area (Å²) in [6.07, 6.45) is 3.48. The average Bonchev–Trinajstić information content (AvgIpc) is 2.79. The van der Waals surface area contributed by atoms with Crippen molar-refractivity contribution in [1.82, 2.24) is 14.8 Å². The highest BCUT2D eigenvalue weighted by atomic mass is 35.5. The van der Waals surface area contributed by atoms with Crippen LogP contribution in [0.1, 0.15) is 23.2 Å². The van der Waals surface area contributed by atoms with E-state index >= 15 is 0 Å². The number of pyridine rings is 1. The Morgan fingerprint density at radius 1 is 0.931 bits per heavy atom. The van der Waals surface area contributed by atoms with E-state index in [1.807, 2.05) is 23.1 Å². The van der Waals surface area contributed by atoms with Crippen molar-refractivity contribution in [1.29, 1.82) is 0 Å². The summed E-state index contributed by atoms with van der Waals surface area (Å²) >= 11 is 5.92. The number of rotatable bonds is 3. The molecule has 2 aliphatic rings. The van der Waals surface area contributed by atoms with Crippen LogP contribution in [0.5, 0.6) is 0 Å². The van der Waals surface area contributed by atoms with Gasteiger partial charge in [0.15, 0.2) is 0 Å². The van der Waals surface area contributed by atoms with E-state index in [0.717, 1.165) is 31.7 Å². The summed E-state index contributed by atoms with van der Waals surface area (Å²) in [5.74, 6) is 0.969. The third kappa shape index (κ3) is 4.53. The number of piperazine rings is 1. The number of nitrogens with zero attached hydrogens (tertiary/aromatic N) is 4. The minimum Gasteiger partial charge on any atom is -0.353 e. The summed E-state index contributed by atoms with van der Waals surface area (Å²) in [5.41, 5.74) is 0.617. The highest BCUT2D eigenvalue weighted by Crippen LogP contribution is 2.23. The van der Waals surface area contributed by atoms with E-state index in [0.29, 0.717) is 36.8 Å². The predicted molar refractivity (Wildman–Crippen MR) is 113 cm³/mol. The first-order chi connectivity index (χ1) is 14.1. The molecule has 0 radical (unpaired) electrons. The first-order valence-corrected chi connectivity index (χ1v) is 10.5. The largest absolute Gasteiger partial charge is 0.353 e. The maximum absolute atomic E-state index is 13.1. The van der Waals surface area contributed by atoms with Crippen LogP contribution in [0.4, 0.5) is 5.82 Å². The second-order valence-corrected chi connectivity index (χ2v) is 8.03. The maximum Gasteiger partial charge on any atom is 0.253 e. The van der Waals surface area contributed by atoms with E-state index < -0.39 is 0 Å². The highest BCUT2D eigenvalue weighted by Gasteiger charge is 2.33. The fourth-order valence-corrected chi connectivity index (χ4v) is 4.22. The monoisotopic (exact) mass is 412 g/mol. The van der Waals surface area contributed by atoms with Gasteiger partial charge in [-0.15, -0.1) is 0 Å². The zero-order valence-electron chi connectivity index (χ0n) is 16.3. The summed E-state index contributed by atoms with van der Waals surface area (Å²) < 4.78 is 0. The van der Waals surface area contributed by atoms with Crippen LogP contribution >= 0.6 is 11.6 Å². The number of halogens is 1. The first-order valence-electron chi connectivity index (χ1n) is 10.1. The van der Waals surface area contributed by atoms with E-state index in [1.165, 1.54) is 0 Å². The van der Waals surface area contributed by atoms with E-state index in [9.17, 15) is 9.59 Å². The Morgan fingerprint density at radius 3 is 2.38 bits per heavy atom. The number of carbonyl (C=O) groups excluding carboxylic acids is 2. The van der Waals surface area contributed by atoms with Gasteiger partial charge in [0, 0.05) is 56.1 Å². The Morgan fingerprint density at radius 2 is 1.69 bits per heavy atom. The minimum atomic E-state index is -0.124. The molecule has 2 saturated heterocycles. The number of benzene rings is 1. The number of carbonyl (C=O) groups is 2. The maximum atomic E-state index is 13.1. The molecule has 3 heterocycles. The third-order valence-electron chi connectivity index (χ3n) is 5.71. The molecule has 0 aliphatic carbocycles. The second-order valence-electron chi connectivity index (χ2n) is 7.60. The van der Waals surface area contributed by atoms with E-state index in [-0.39, 0.29) is 17.7 Å². The van der Waals surface area contributed by atoms with Crippen LogP contribution in [0.2, 0.25) is 5.02 Å². The molecule has 2 aromatic rings. The van der Waals surface area contributed by atoms with Crippen molar-refractivity contribution in [2.45, 2.75) is 12.8 Å². The van der Waals surface area contributed by atoms with Gasteiger partial charge in [0.25, 0.3) is 5.91 Å². The molecule has 0 bridgehead atoms. The molecular weight excluding hydrogens is 388 g/mol. The molecule has 6 nitrogen and oxygen atoms in total. The molecule has 0 spiro atoms. The van der Waals surface area contributed by atoms with Crippen molar-refractivity contribution in [3.63, 3.8) is 0 Å². The van der Waals surface area contributed by atoms with Crippen LogP contribution in [0.15, 0.2) is 48.7 Å². The molecule has 152 valence electrons. The van der Waals surface area contributed by atoms with Gasteiger partial charge in [-0.2, -0.15) is 0 Å². The van der Waals surface area contributed by atoms with E-state index in [1.54, 1.807) is 35.4 Å². The first kappa shape index (κ1) is 19.7. The van der Waals surface area contributed by atoms with Gasteiger partial charge >= 0.3 is 0 Å².